The van der Waals surface area contributed by atoms with Crippen LogP contribution in [-0.4, -0.2) is 46.0 Å². The highest BCUT2D eigenvalue weighted by atomic mass is 16.5. The molecule has 7 heteroatoms. The van der Waals surface area contributed by atoms with Crippen molar-refractivity contribution in [1.82, 2.24) is 20.4 Å². The van der Waals surface area contributed by atoms with Crippen LogP contribution in [0.3, 0.4) is 0 Å². The number of carbonyl (C=O) groups is 2. The Morgan fingerprint density at radius 2 is 2.35 bits per heavy atom. The molecule has 2 amide bonds. The van der Waals surface area contributed by atoms with Gasteiger partial charge >= 0.3 is 0 Å². The Hall–Kier alpha value is -1.92. The van der Waals surface area contributed by atoms with E-state index >= 15 is 0 Å². The first-order valence-electron chi connectivity index (χ1n) is 6.95. The highest BCUT2D eigenvalue weighted by Crippen LogP contribution is 2.14. The molecule has 2 rings (SSSR count). The Morgan fingerprint density at radius 1 is 1.55 bits per heavy atom. The number of nitrogens with one attached hydrogen (secondary N) is 1. The first-order valence-corrected chi connectivity index (χ1v) is 6.95. The number of carbonyl (C=O) groups excluding carboxylic acids is 2. The van der Waals surface area contributed by atoms with E-state index in [1.807, 2.05) is 13.8 Å². The van der Waals surface area contributed by atoms with Crippen molar-refractivity contribution in [3.8, 4) is 0 Å². The minimum Gasteiger partial charge on any atom is -0.344 e. The molecular formula is C13H20N4O3. The molecule has 0 radical (unpaired) electrons. The molecule has 1 fully saturated rings. The fourth-order valence-corrected chi connectivity index (χ4v) is 2.23. The van der Waals surface area contributed by atoms with Crippen LogP contribution >= 0.6 is 0 Å². The summed E-state index contributed by atoms with van der Waals surface area (Å²) in [7, 11) is 0. The van der Waals surface area contributed by atoms with Crippen LogP contribution in [0.5, 0.6) is 0 Å². The van der Waals surface area contributed by atoms with Gasteiger partial charge in [-0.1, -0.05) is 25.4 Å². The van der Waals surface area contributed by atoms with Crippen LogP contribution in [0.15, 0.2) is 10.9 Å². The molecule has 0 bridgehead atoms. The summed E-state index contributed by atoms with van der Waals surface area (Å²) in [6.45, 7) is 4.91. The molecule has 20 heavy (non-hydrogen) atoms. The predicted octanol–water partition coefficient (Wildman–Crippen LogP) is 0.375. The minimum absolute atomic E-state index is 0.0234. The first kappa shape index (κ1) is 14.5. The summed E-state index contributed by atoms with van der Waals surface area (Å²) in [5.41, 5.74) is 0. The molecule has 2 unspecified atom stereocenters. The van der Waals surface area contributed by atoms with Crippen molar-refractivity contribution in [2.24, 2.45) is 5.92 Å². The van der Waals surface area contributed by atoms with E-state index in [0.29, 0.717) is 31.8 Å². The zero-order valence-corrected chi connectivity index (χ0v) is 11.8. The number of hydrogen-bond acceptors (Lipinski definition) is 5. The monoisotopic (exact) mass is 280 g/mol. The van der Waals surface area contributed by atoms with Crippen molar-refractivity contribution in [3.63, 3.8) is 0 Å². The number of amides is 2. The van der Waals surface area contributed by atoms with Crippen LogP contribution in [0.2, 0.25) is 0 Å². The van der Waals surface area contributed by atoms with Gasteiger partial charge in [0.1, 0.15) is 6.04 Å². The van der Waals surface area contributed by atoms with E-state index in [1.165, 1.54) is 6.33 Å². The molecule has 1 aromatic heterocycles. The molecule has 1 aliphatic rings. The van der Waals surface area contributed by atoms with Crippen LogP contribution in [-0.2, 0) is 16.0 Å². The Bertz CT molecular complexity index is 460. The van der Waals surface area contributed by atoms with Crippen molar-refractivity contribution in [2.75, 3.05) is 13.1 Å². The second kappa shape index (κ2) is 6.49. The lowest BCUT2D eigenvalue weighted by atomic mass is 9.98. The van der Waals surface area contributed by atoms with Gasteiger partial charge in [0.15, 0.2) is 6.33 Å². The van der Waals surface area contributed by atoms with Gasteiger partial charge in [0.05, 0.1) is 0 Å². The zero-order chi connectivity index (χ0) is 14.5. The topological polar surface area (TPSA) is 88.3 Å². The van der Waals surface area contributed by atoms with Gasteiger partial charge in [-0.25, -0.2) is 0 Å². The second-order valence-electron chi connectivity index (χ2n) is 5.09. The third kappa shape index (κ3) is 3.34. The highest BCUT2D eigenvalue weighted by Gasteiger charge is 2.32. The third-order valence-corrected chi connectivity index (χ3v) is 3.72. The van der Waals surface area contributed by atoms with E-state index < -0.39 is 6.04 Å². The largest absolute Gasteiger partial charge is 0.344 e. The second-order valence-corrected chi connectivity index (χ2v) is 5.09. The fourth-order valence-electron chi connectivity index (χ4n) is 2.23. The normalized spacial score (nSPS) is 21.5. The molecule has 0 spiro atoms. The van der Waals surface area contributed by atoms with Gasteiger partial charge in [-0.3, -0.25) is 9.59 Å². The van der Waals surface area contributed by atoms with E-state index in [1.54, 1.807) is 4.90 Å². The lowest BCUT2D eigenvalue weighted by Gasteiger charge is -2.26. The van der Waals surface area contributed by atoms with Crippen molar-refractivity contribution in [1.29, 1.82) is 0 Å². The van der Waals surface area contributed by atoms with Gasteiger partial charge < -0.3 is 14.7 Å². The first-order chi connectivity index (χ1) is 9.61. The van der Waals surface area contributed by atoms with Crippen LogP contribution < -0.4 is 5.32 Å². The van der Waals surface area contributed by atoms with Crippen molar-refractivity contribution < 1.29 is 14.1 Å². The van der Waals surface area contributed by atoms with Gasteiger partial charge in [-0.2, -0.15) is 4.98 Å². The molecular weight excluding hydrogens is 260 g/mol. The molecule has 2 atom stereocenters. The lowest BCUT2D eigenvalue weighted by molar-refractivity contribution is -0.134. The Labute approximate surface area is 117 Å². The molecule has 1 saturated heterocycles. The molecule has 2 heterocycles. The summed E-state index contributed by atoms with van der Waals surface area (Å²) in [5, 5.41) is 6.36. The van der Waals surface area contributed by atoms with Gasteiger partial charge in [0.2, 0.25) is 17.7 Å². The molecule has 7 nitrogen and oxygen atoms in total. The maximum Gasteiger partial charge on any atom is 0.245 e. The minimum atomic E-state index is -0.433. The van der Waals surface area contributed by atoms with Crippen molar-refractivity contribution in [3.05, 3.63) is 12.2 Å². The van der Waals surface area contributed by atoms with E-state index in [4.69, 9.17) is 4.52 Å². The molecule has 110 valence electrons. The van der Waals surface area contributed by atoms with E-state index in [9.17, 15) is 9.59 Å². The summed E-state index contributed by atoms with van der Waals surface area (Å²) < 4.78 is 4.93. The maximum atomic E-state index is 12.5. The molecule has 1 aliphatic heterocycles. The van der Waals surface area contributed by atoms with E-state index in [2.05, 4.69) is 15.5 Å². The van der Waals surface area contributed by atoms with Crippen LogP contribution in [0.4, 0.5) is 0 Å². The van der Waals surface area contributed by atoms with E-state index in [-0.39, 0.29) is 17.7 Å². The number of aromatic nitrogens is 2. The molecule has 1 aromatic rings. The van der Waals surface area contributed by atoms with Crippen molar-refractivity contribution >= 4 is 11.8 Å². The summed E-state index contributed by atoms with van der Waals surface area (Å²) in [6, 6.07) is -0.433. The van der Waals surface area contributed by atoms with Crippen LogP contribution in [0.1, 0.15) is 32.6 Å². The van der Waals surface area contributed by atoms with E-state index in [0.717, 1.165) is 6.42 Å². The highest BCUT2D eigenvalue weighted by molar-refractivity contribution is 5.90. The predicted molar refractivity (Wildman–Crippen MR) is 70.6 cm³/mol. The standard InChI is InChI=1S/C13H20N4O3/c1-3-9(2)12-13(19)17(6-4-10(18)16-12)7-5-11-14-8-15-20-11/h8-9,12H,3-7H2,1-2H3,(H,16,18). The number of nitrogens with zero attached hydrogens (tertiary/aromatic N) is 3. The summed E-state index contributed by atoms with van der Waals surface area (Å²) >= 11 is 0. The molecule has 0 saturated carbocycles. The van der Waals surface area contributed by atoms with Gasteiger partial charge in [0.25, 0.3) is 0 Å². The third-order valence-electron chi connectivity index (χ3n) is 3.72. The number of rotatable bonds is 5. The fraction of sp³-hybridized carbons (Fsp3) is 0.692. The quantitative estimate of drug-likeness (QED) is 0.842. The molecule has 0 aliphatic carbocycles. The maximum absolute atomic E-state index is 12.5. The summed E-state index contributed by atoms with van der Waals surface area (Å²) in [6.07, 6.45) is 3.02. The number of hydrogen-bond donors (Lipinski definition) is 1. The van der Waals surface area contributed by atoms with Crippen LogP contribution in [0, 0.1) is 5.92 Å². The van der Waals surface area contributed by atoms with Crippen molar-refractivity contribution in [2.45, 2.75) is 39.2 Å². The Morgan fingerprint density at radius 3 is 3.00 bits per heavy atom. The smallest absolute Gasteiger partial charge is 0.245 e. The van der Waals surface area contributed by atoms with Crippen LogP contribution in [0.25, 0.3) is 0 Å². The van der Waals surface area contributed by atoms with Gasteiger partial charge in [-0.05, 0) is 5.92 Å². The lowest BCUT2D eigenvalue weighted by Crippen LogP contribution is -2.48. The Balaban J connectivity index is 2.03. The average Bonchev–Trinajstić information content (AvgIpc) is 2.91. The molecule has 0 aromatic carbocycles. The average molecular weight is 280 g/mol. The SMILES string of the molecule is CCC(C)C1NC(=O)CCN(CCc2ncno2)C1=O. The Kier molecular flexibility index (Phi) is 4.70. The molecule has 1 N–H and O–H groups in total. The van der Waals surface area contributed by atoms with Gasteiger partial charge in [-0.15, -0.1) is 0 Å². The summed E-state index contributed by atoms with van der Waals surface area (Å²) in [5.74, 6) is 0.533. The zero-order valence-electron chi connectivity index (χ0n) is 11.8. The van der Waals surface area contributed by atoms with Gasteiger partial charge in [0, 0.05) is 25.9 Å². The summed E-state index contributed by atoms with van der Waals surface area (Å²) in [4.78, 5) is 29.8.